The van der Waals surface area contributed by atoms with Gasteiger partial charge in [0.1, 0.15) is 0 Å². The second kappa shape index (κ2) is 3.24. The number of rotatable bonds is 1. The van der Waals surface area contributed by atoms with Gasteiger partial charge in [-0.25, -0.2) is 0 Å². The number of hydrogen-bond donors (Lipinski definition) is 1. The molecule has 12 heavy (non-hydrogen) atoms. The second-order valence-electron chi connectivity index (χ2n) is 3.55. The van der Waals surface area contributed by atoms with E-state index in [2.05, 4.69) is 0 Å². The molecule has 0 spiro atoms. The Bertz CT molecular complexity index is 153. The third kappa shape index (κ3) is 2.12. The molecule has 3 atom stereocenters. The van der Waals surface area contributed by atoms with E-state index in [1.807, 2.05) is 0 Å². The van der Waals surface area contributed by atoms with Gasteiger partial charge in [-0.2, -0.15) is 13.2 Å². The molecule has 1 nitrogen and oxygen atoms in total. The van der Waals surface area contributed by atoms with E-state index in [9.17, 15) is 13.2 Å². The van der Waals surface area contributed by atoms with E-state index in [0.717, 1.165) is 0 Å². The molecule has 0 heterocycles. The van der Waals surface area contributed by atoms with Gasteiger partial charge in [-0.05, 0) is 32.1 Å². The monoisotopic (exact) mass is 182 g/mol. The zero-order valence-electron chi connectivity index (χ0n) is 6.93. The van der Waals surface area contributed by atoms with Crippen LogP contribution in [0.5, 0.6) is 0 Å². The van der Waals surface area contributed by atoms with E-state index in [4.69, 9.17) is 5.11 Å². The van der Waals surface area contributed by atoms with Gasteiger partial charge in [0.25, 0.3) is 0 Å². The average molecular weight is 182 g/mol. The summed E-state index contributed by atoms with van der Waals surface area (Å²) in [5, 5.41) is 9.07. The minimum absolute atomic E-state index is 0.0984. The minimum atomic E-state index is -4.07. The van der Waals surface area contributed by atoms with Crippen LogP contribution in [0.15, 0.2) is 0 Å². The molecular formula is C8H13F3O. The van der Waals surface area contributed by atoms with Crippen LogP contribution >= 0.6 is 0 Å². The van der Waals surface area contributed by atoms with Crippen molar-refractivity contribution in [1.29, 1.82) is 0 Å². The summed E-state index contributed by atoms with van der Waals surface area (Å²) >= 11 is 0. The van der Waals surface area contributed by atoms with E-state index in [1.165, 1.54) is 0 Å². The van der Waals surface area contributed by atoms with Crippen molar-refractivity contribution >= 4 is 0 Å². The molecule has 0 amide bonds. The van der Waals surface area contributed by atoms with E-state index < -0.39 is 18.2 Å². The first-order valence-electron chi connectivity index (χ1n) is 4.16. The first kappa shape index (κ1) is 9.84. The topological polar surface area (TPSA) is 20.2 Å². The molecule has 1 fully saturated rings. The highest BCUT2D eigenvalue weighted by atomic mass is 19.4. The summed E-state index contributed by atoms with van der Waals surface area (Å²) in [6.45, 7) is 1.56. The summed E-state index contributed by atoms with van der Waals surface area (Å²) in [7, 11) is 0. The molecule has 0 aromatic heterocycles. The second-order valence-corrected chi connectivity index (χ2v) is 3.55. The van der Waals surface area contributed by atoms with Gasteiger partial charge in [-0.15, -0.1) is 0 Å². The van der Waals surface area contributed by atoms with Crippen LogP contribution in [-0.4, -0.2) is 17.4 Å². The first-order chi connectivity index (χ1) is 5.41. The summed E-state index contributed by atoms with van der Waals surface area (Å²) in [4.78, 5) is 0. The number of alkyl halides is 3. The van der Waals surface area contributed by atoms with Crippen LogP contribution in [0.1, 0.15) is 26.2 Å². The highest BCUT2D eigenvalue weighted by Gasteiger charge is 2.44. The van der Waals surface area contributed by atoms with Crippen molar-refractivity contribution in [1.82, 2.24) is 0 Å². The lowest BCUT2D eigenvalue weighted by Crippen LogP contribution is -2.21. The molecule has 1 saturated carbocycles. The minimum Gasteiger partial charge on any atom is -0.393 e. The van der Waals surface area contributed by atoms with Gasteiger partial charge in [-0.1, -0.05) is 0 Å². The molecule has 0 aliphatic heterocycles. The van der Waals surface area contributed by atoms with Crippen LogP contribution in [0.25, 0.3) is 0 Å². The maximum Gasteiger partial charge on any atom is 0.391 e. The highest BCUT2D eigenvalue weighted by Crippen LogP contribution is 2.42. The molecule has 0 radical (unpaired) electrons. The van der Waals surface area contributed by atoms with E-state index >= 15 is 0 Å². The van der Waals surface area contributed by atoms with Gasteiger partial charge in [-0.3, -0.25) is 0 Å². The maximum absolute atomic E-state index is 12.1. The fourth-order valence-corrected chi connectivity index (χ4v) is 1.75. The quantitative estimate of drug-likeness (QED) is 0.660. The summed E-state index contributed by atoms with van der Waals surface area (Å²) in [5.74, 6) is -1.34. The van der Waals surface area contributed by atoms with Crippen LogP contribution < -0.4 is 0 Å². The van der Waals surface area contributed by atoms with E-state index in [0.29, 0.717) is 6.42 Å². The third-order valence-corrected chi connectivity index (χ3v) is 2.62. The van der Waals surface area contributed by atoms with E-state index in [-0.39, 0.29) is 18.8 Å². The van der Waals surface area contributed by atoms with Gasteiger partial charge in [0.2, 0.25) is 0 Å². The molecule has 0 bridgehead atoms. The van der Waals surface area contributed by atoms with Crippen LogP contribution in [-0.2, 0) is 0 Å². The number of hydrogen-bond acceptors (Lipinski definition) is 1. The fourth-order valence-electron chi connectivity index (χ4n) is 1.75. The van der Waals surface area contributed by atoms with Gasteiger partial charge in [0, 0.05) is 0 Å². The SMILES string of the molecule is CC(O)C1CCC(C(F)(F)F)C1. The first-order valence-corrected chi connectivity index (χ1v) is 4.16. The maximum atomic E-state index is 12.1. The Morgan fingerprint density at radius 2 is 1.92 bits per heavy atom. The lowest BCUT2D eigenvalue weighted by Gasteiger charge is -2.15. The number of halogens is 3. The van der Waals surface area contributed by atoms with Gasteiger partial charge in [0.15, 0.2) is 0 Å². The summed E-state index contributed by atoms with van der Waals surface area (Å²) in [6.07, 6.45) is -3.89. The predicted octanol–water partition coefficient (Wildman–Crippen LogP) is 2.35. The Morgan fingerprint density at radius 3 is 2.17 bits per heavy atom. The molecule has 1 N–H and O–H groups in total. The molecule has 1 rings (SSSR count). The van der Waals surface area contributed by atoms with Crippen molar-refractivity contribution in [3.63, 3.8) is 0 Å². The molecule has 1 aliphatic rings. The molecule has 0 aromatic rings. The zero-order chi connectivity index (χ0) is 9.35. The van der Waals surface area contributed by atoms with Crippen LogP contribution in [0.4, 0.5) is 13.2 Å². The standard InChI is InChI=1S/C8H13F3O/c1-5(12)6-2-3-7(4-6)8(9,10)11/h5-7,12H,2-4H2,1H3. The summed E-state index contributed by atoms with van der Waals surface area (Å²) in [5.41, 5.74) is 0. The highest BCUT2D eigenvalue weighted by molar-refractivity contribution is 4.82. The molecular weight excluding hydrogens is 169 g/mol. The Morgan fingerprint density at radius 1 is 1.33 bits per heavy atom. The van der Waals surface area contributed by atoms with Crippen molar-refractivity contribution < 1.29 is 18.3 Å². The summed E-state index contributed by atoms with van der Waals surface area (Å²) in [6, 6.07) is 0. The Hall–Kier alpha value is -0.250. The molecule has 0 saturated heterocycles. The van der Waals surface area contributed by atoms with Gasteiger partial charge < -0.3 is 5.11 Å². The fraction of sp³-hybridized carbons (Fsp3) is 1.00. The smallest absolute Gasteiger partial charge is 0.391 e. The molecule has 72 valence electrons. The van der Waals surface area contributed by atoms with Gasteiger partial charge >= 0.3 is 6.18 Å². The lowest BCUT2D eigenvalue weighted by molar-refractivity contribution is -0.173. The number of aliphatic hydroxyl groups excluding tert-OH is 1. The van der Waals surface area contributed by atoms with Crippen molar-refractivity contribution in [2.75, 3.05) is 0 Å². The Kier molecular flexibility index (Phi) is 2.66. The van der Waals surface area contributed by atoms with E-state index in [1.54, 1.807) is 6.92 Å². The zero-order valence-corrected chi connectivity index (χ0v) is 6.93. The lowest BCUT2D eigenvalue weighted by atomic mass is 10.0. The summed E-state index contributed by atoms with van der Waals surface area (Å²) < 4.78 is 36.3. The van der Waals surface area contributed by atoms with Crippen LogP contribution in [0.2, 0.25) is 0 Å². The molecule has 4 heteroatoms. The Balaban J connectivity index is 2.46. The molecule has 0 aromatic carbocycles. The van der Waals surface area contributed by atoms with Gasteiger partial charge in [0.05, 0.1) is 12.0 Å². The van der Waals surface area contributed by atoms with Crippen molar-refractivity contribution in [2.24, 2.45) is 11.8 Å². The van der Waals surface area contributed by atoms with Crippen LogP contribution in [0.3, 0.4) is 0 Å². The molecule has 1 aliphatic carbocycles. The van der Waals surface area contributed by atoms with Crippen LogP contribution in [0, 0.1) is 11.8 Å². The third-order valence-electron chi connectivity index (χ3n) is 2.62. The average Bonchev–Trinajstić information content (AvgIpc) is 2.30. The van der Waals surface area contributed by atoms with Crippen molar-refractivity contribution in [3.8, 4) is 0 Å². The normalized spacial score (nSPS) is 33.8. The molecule has 3 unspecified atom stereocenters. The largest absolute Gasteiger partial charge is 0.393 e. The predicted molar refractivity (Wildman–Crippen MR) is 38.6 cm³/mol. The Labute approximate surface area is 69.6 Å². The van der Waals surface area contributed by atoms with Crippen molar-refractivity contribution in [3.05, 3.63) is 0 Å². The number of aliphatic hydroxyl groups is 1. The van der Waals surface area contributed by atoms with Crippen molar-refractivity contribution in [2.45, 2.75) is 38.5 Å².